The Hall–Kier alpha value is -2.67. The third kappa shape index (κ3) is 4.54. The van der Waals surface area contributed by atoms with Crippen molar-refractivity contribution in [1.82, 2.24) is 9.88 Å². The van der Waals surface area contributed by atoms with Crippen molar-refractivity contribution in [2.24, 2.45) is 0 Å². The lowest BCUT2D eigenvalue weighted by atomic mass is 10.1. The summed E-state index contributed by atoms with van der Waals surface area (Å²) in [6.45, 7) is 5.73. The van der Waals surface area contributed by atoms with E-state index in [1.165, 1.54) is 4.90 Å². The van der Waals surface area contributed by atoms with Crippen LogP contribution in [-0.2, 0) is 20.9 Å². The van der Waals surface area contributed by atoms with Crippen LogP contribution in [0.1, 0.15) is 32.8 Å². The molecule has 1 N–H and O–H groups in total. The Morgan fingerprint density at radius 1 is 1.26 bits per heavy atom. The van der Waals surface area contributed by atoms with Gasteiger partial charge in [0.25, 0.3) is 0 Å². The third-order valence-corrected chi connectivity index (χ3v) is 4.37. The SMILES string of the molecule is CC(C)(C)OC(=O)N1CC(OCc2cccc3cccnc23)C[C@H]1C(=O)O. The maximum absolute atomic E-state index is 12.3. The number of carboxylic acid groups (broad SMARTS) is 1. The van der Waals surface area contributed by atoms with E-state index in [0.29, 0.717) is 6.61 Å². The Bertz CT molecular complexity index is 840. The molecule has 1 aromatic heterocycles. The summed E-state index contributed by atoms with van der Waals surface area (Å²) < 4.78 is 11.3. The zero-order valence-electron chi connectivity index (χ0n) is 15.7. The standard InChI is InChI=1S/C20H24N2O5/c1-20(2,3)27-19(25)22-11-15(10-16(22)18(23)24)26-12-14-7-4-6-13-8-5-9-21-17(13)14/h4-9,15-16H,10-12H2,1-3H3,(H,23,24)/t15?,16-/m0/s1. The maximum atomic E-state index is 12.3. The van der Waals surface area contributed by atoms with Gasteiger partial charge in [-0.1, -0.05) is 24.3 Å². The van der Waals surface area contributed by atoms with Crippen molar-refractivity contribution < 1.29 is 24.2 Å². The lowest BCUT2D eigenvalue weighted by Crippen LogP contribution is -2.43. The fraction of sp³-hybridized carbons (Fsp3) is 0.450. The topological polar surface area (TPSA) is 89.0 Å². The number of hydrogen-bond acceptors (Lipinski definition) is 5. The summed E-state index contributed by atoms with van der Waals surface area (Å²) in [7, 11) is 0. The number of aliphatic carboxylic acids is 1. The average molecular weight is 372 g/mol. The van der Waals surface area contributed by atoms with Gasteiger partial charge in [0.2, 0.25) is 0 Å². The van der Waals surface area contributed by atoms with Crippen molar-refractivity contribution in [1.29, 1.82) is 0 Å². The van der Waals surface area contributed by atoms with Gasteiger partial charge in [-0.3, -0.25) is 9.88 Å². The molecule has 7 heteroatoms. The van der Waals surface area contributed by atoms with Crippen LogP contribution in [0.5, 0.6) is 0 Å². The van der Waals surface area contributed by atoms with Gasteiger partial charge in [0, 0.05) is 23.6 Å². The molecule has 1 saturated heterocycles. The first-order valence-corrected chi connectivity index (χ1v) is 8.91. The number of hydrogen-bond donors (Lipinski definition) is 1. The van der Waals surface area contributed by atoms with E-state index >= 15 is 0 Å². The van der Waals surface area contributed by atoms with E-state index in [0.717, 1.165) is 16.5 Å². The molecule has 1 unspecified atom stereocenters. The predicted octanol–water partition coefficient (Wildman–Crippen LogP) is 3.21. The van der Waals surface area contributed by atoms with Gasteiger partial charge < -0.3 is 14.6 Å². The van der Waals surface area contributed by atoms with Crippen molar-refractivity contribution in [2.45, 2.75) is 51.5 Å². The van der Waals surface area contributed by atoms with Crippen LogP contribution >= 0.6 is 0 Å². The van der Waals surface area contributed by atoms with Crippen molar-refractivity contribution in [3.8, 4) is 0 Å². The van der Waals surface area contributed by atoms with Crippen LogP contribution in [0.25, 0.3) is 10.9 Å². The summed E-state index contributed by atoms with van der Waals surface area (Å²) in [5, 5.41) is 10.5. The van der Waals surface area contributed by atoms with Gasteiger partial charge in [0.15, 0.2) is 0 Å². The van der Waals surface area contributed by atoms with E-state index in [1.54, 1.807) is 27.0 Å². The minimum Gasteiger partial charge on any atom is -0.480 e. The molecule has 1 aliphatic heterocycles. The smallest absolute Gasteiger partial charge is 0.411 e. The van der Waals surface area contributed by atoms with Crippen molar-refractivity contribution in [3.63, 3.8) is 0 Å². The normalized spacial score (nSPS) is 20.0. The number of benzene rings is 1. The molecule has 0 spiro atoms. The fourth-order valence-electron chi connectivity index (χ4n) is 3.17. The molecule has 2 heterocycles. The number of aromatic nitrogens is 1. The number of carbonyl (C=O) groups excluding carboxylic acids is 1. The van der Waals surface area contributed by atoms with Crippen LogP contribution in [0.2, 0.25) is 0 Å². The molecule has 1 aromatic carbocycles. The first-order chi connectivity index (χ1) is 12.7. The number of rotatable bonds is 4. The minimum absolute atomic E-state index is 0.185. The molecule has 2 aromatic rings. The number of pyridine rings is 1. The highest BCUT2D eigenvalue weighted by molar-refractivity contribution is 5.82. The summed E-state index contributed by atoms with van der Waals surface area (Å²) in [5.74, 6) is -1.06. The second-order valence-electron chi connectivity index (χ2n) is 7.65. The van der Waals surface area contributed by atoms with Gasteiger partial charge >= 0.3 is 12.1 Å². The van der Waals surface area contributed by atoms with Crippen LogP contribution in [0.3, 0.4) is 0 Å². The second kappa shape index (κ2) is 7.52. The molecule has 1 fully saturated rings. The van der Waals surface area contributed by atoms with E-state index in [-0.39, 0.29) is 19.1 Å². The van der Waals surface area contributed by atoms with E-state index < -0.39 is 23.7 Å². The summed E-state index contributed by atoms with van der Waals surface area (Å²) in [6.07, 6.45) is 0.948. The average Bonchev–Trinajstić information content (AvgIpc) is 3.03. The van der Waals surface area contributed by atoms with Crippen LogP contribution in [0, 0.1) is 0 Å². The highest BCUT2D eigenvalue weighted by atomic mass is 16.6. The number of likely N-dealkylation sites (tertiary alicyclic amines) is 1. The van der Waals surface area contributed by atoms with Crippen LogP contribution in [-0.4, -0.2) is 51.3 Å². The van der Waals surface area contributed by atoms with Crippen LogP contribution in [0.4, 0.5) is 4.79 Å². The molecule has 0 saturated carbocycles. The predicted molar refractivity (Wildman–Crippen MR) is 99.3 cm³/mol. The second-order valence-corrected chi connectivity index (χ2v) is 7.65. The van der Waals surface area contributed by atoms with Gasteiger partial charge in [-0.2, -0.15) is 0 Å². The van der Waals surface area contributed by atoms with E-state index in [1.807, 2.05) is 30.3 Å². The summed E-state index contributed by atoms with van der Waals surface area (Å²) in [6, 6.07) is 8.75. The Morgan fingerprint density at radius 2 is 2.00 bits per heavy atom. The number of fused-ring (bicyclic) bond motifs is 1. The molecule has 27 heavy (non-hydrogen) atoms. The monoisotopic (exact) mass is 372 g/mol. The fourth-order valence-corrected chi connectivity index (χ4v) is 3.17. The number of carboxylic acids is 1. The molecular formula is C20H24N2O5. The molecule has 7 nitrogen and oxygen atoms in total. The number of nitrogens with zero attached hydrogens (tertiary/aromatic N) is 2. The van der Waals surface area contributed by atoms with Crippen LogP contribution < -0.4 is 0 Å². The summed E-state index contributed by atoms with van der Waals surface area (Å²) in [4.78, 5) is 29.5. The van der Waals surface area contributed by atoms with E-state index in [2.05, 4.69) is 4.98 Å². The minimum atomic E-state index is -1.06. The van der Waals surface area contributed by atoms with Gasteiger partial charge in [-0.15, -0.1) is 0 Å². The van der Waals surface area contributed by atoms with E-state index in [4.69, 9.17) is 9.47 Å². The lowest BCUT2D eigenvalue weighted by molar-refractivity contribution is -0.142. The number of para-hydroxylation sites is 1. The molecule has 0 aliphatic carbocycles. The van der Waals surface area contributed by atoms with Crippen molar-refractivity contribution >= 4 is 23.0 Å². The third-order valence-electron chi connectivity index (χ3n) is 4.37. The van der Waals surface area contributed by atoms with Crippen molar-refractivity contribution in [2.75, 3.05) is 6.54 Å². The Labute approximate surface area is 157 Å². The Kier molecular flexibility index (Phi) is 5.32. The summed E-state index contributed by atoms with van der Waals surface area (Å²) in [5.41, 5.74) is 1.10. The highest BCUT2D eigenvalue weighted by Crippen LogP contribution is 2.25. The largest absolute Gasteiger partial charge is 0.480 e. The zero-order valence-corrected chi connectivity index (χ0v) is 15.7. The number of amides is 1. The van der Waals surface area contributed by atoms with E-state index in [9.17, 15) is 14.7 Å². The molecule has 2 atom stereocenters. The summed E-state index contributed by atoms with van der Waals surface area (Å²) >= 11 is 0. The molecule has 1 aliphatic rings. The molecule has 144 valence electrons. The highest BCUT2D eigenvalue weighted by Gasteiger charge is 2.42. The molecule has 3 rings (SSSR count). The van der Waals surface area contributed by atoms with Gasteiger partial charge in [-0.25, -0.2) is 9.59 Å². The van der Waals surface area contributed by atoms with Crippen LogP contribution in [0.15, 0.2) is 36.5 Å². The Balaban J connectivity index is 1.69. The number of carbonyl (C=O) groups is 2. The molecule has 0 bridgehead atoms. The molecule has 0 radical (unpaired) electrons. The van der Waals surface area contributed by atoms with Gasteiger partial charge in [0.05, 0.1) is 24.8 Å². The quantitative estimate of drug-likeness (QED) is 0.886. The lowest BCUT2D eigenvalue weighted by Gasteiger charge is -2.26. The maximum Gasteiger partial charge on any atom is 0.411 e. The Morgan fingerprint density at radius 3 is 2.70 bits per heavy atom. The molecular weight excluding hydrogens is 348 g/mol. The number of ether oxygens (including phenoxy) is 2. The van der Waals surface area contributed by atoms with Crippen molar-refractivity contribution in [3.05, 3.63) is 42.1 Å². The molecule has 1 amide bonds. The first kappa shape index (κ1) is 19.1. The van der Waals surface area contributed by atoms with Gasteiger partial charge in [0.1, 0.15) is 11.6 Å². The zero-order chi connectivity index (χ0) is 19.6. The first-order valence-electron chi connectivity index (χ1n) is 8.91. The van der Waals surface area contributed by atoms with Gasteiger partial charge in [-0.05, 0) is 26.8 Å².